The SMILES string of the molecule is Cc1cccnc1CNC1CCN(C2CC2)C1. The summed E-state index contributed by atoms with van der Waals surface area (Å²) in [5.41, 5.74) is 2.48. The Balaban J connectivity index is 1.50. The van der Waals surface area contributed by atoms with Gasteiger partial charge in [0.25, 0.3) is 0 Å². The first-order chi connectivity index (χ1) is 8.33. The maximum atomic E-state index is 4.43. The van der Waals surface area contributed by atoms with Crippen LogP contribution >= 0.6 is 0 Å². The number of aryl methyl sites for hydroxylation is 1. The lowest BCUT2D eigenvalue weighted by molar-refractivity contribution is 0.317. The molecule has 2 fully saturated rings. The van der Waals surface area contributed by atoms with Crippen LogP contribution in [0.1, 0.15) is 30.5 Å². The second kappa shape index (κ2) is 4.75. The Hall–Kier alpha value is -0.930. The van der Waals surface area contributed by atoms with Crippen molar-refractivity contribution in [1.29, 1.82) is 0 Å². The molecule has 1 saturated heterocycles. The fourth-order valence-corrected chi connectivity index (χ4v) is 2.67. The Morgan fingerprint density at radius 3 is 3.06 bits per heavy atom. The van der Waals surface area contributed by atoms with Crippen LogP contribution in [0.2, 0.25) is 0 Å². The average Bonchev–Trinajstić information content (AvgIpc) is 3.08. The Bertz CT molecular complexity index is 387. The smallest absolute Gasteiger partial charge is 0.0570 e. The third kappa shape index (κ3) is 2.67. The minimum atomic E-state index is 0.664. The van der Waals surface area contributed by atoms with Crippen molar-refractivity contribution in [1.82, 2.24) is 15.2 Å². The Labute approximate surface area is 103 Å². The van der Waals surface area contributed by atoms with E-state index in [0.717, 1.165) is 12.6 Å². The molecule has 1 saturated carbocycles. The molecule has 17 heavy (non-hydrogen) atoms. The summed E-state index contributed by atoms with van der Waals surface area (Å²) in [4.78, 5) is 7.07. The number of likely N-dealkylation sites (tertiary alicyclic amines) is 1. The van der Waals surface area contributed by atoms with Crippen LogP contribution in [-0.2, 0) is 6.54 Å². The number of nitrogens with zero attached hydrogens (tertiary/aromatic N) is 2. The molecule has 0 aromatic carbocycles. The second-order valence-electron chi connectivity index (χ2n) is 5.36. The van der Waals surface area contributed by atoms with Gasteiger partial charge in [0.2, 0.25) is 0 Å². The summed E-state index contributed by atoms with van der Waals surface area (Å²) in [5, 5.41) is 3.65. The molecule has 1 aromatic rings. The zero-order valence-electron chi connectivity index (χ0n) is 10.5. The van der Waals surface area contributed by atoms with Gasteiger partial charge >= 0.3 is 0 Å². The van der Waals surface area contributed by atoms with Crippen LogP contribution in [0, 0.1) is 6.92 Å². The average molecular weight is 231 g/mol. The standard InChI is InChI=1S/C14H21N3/c1-11-3-2-7-15-14(11)9-16-12-6-8-17(10-12)13-4-5-13/h2-3,7,12-13,16H,4-6,8-10H2,1H3. The number of hydrogen-bond donors (Lipinski definition) is 1. The molecule has 0 radical (unpaired) electrons. The molecule has 92 valence electrons. The van der Waals surface area contributed by atoms with Crippen molar-refractivity contribution < 1.29 is 0 Å². The van der Waals surface area contributed by atoms with Crippen molar-refractivity contribution in [3.8, 4) is 0 Å². The third-order valence-corrected chi connectivity index (χ3v) is 3.96. The molecule has 1 N–H and O–H groups in total. The van der Waals surface area contributed by atoms with E-state index in [1.165, 1.54) is 43.6 Å². The largest absolute Gasteiger partial charge is 0.307 e. The molecule has 2 heterocycles. The van der Waals surface area contributed by atoms with E-state index in [4.69, 9.17) is 0 Å². The van der Waals surface area contributed by atoms with Crippen LogP contribution in [0.5, 0.6) is 0 Å². The monoisotopic (exact) mass is 231 g/mol. The van der Waals surface area contributed by atoms with E-state index < -0.39 is 0 Å². The van der Waals surface area contributed by atoms with Crippen molar-refractivity contribution in [2.45, 2.75) is 44.8 Å². The second-order valence-corrected chi connectivity index (χ2v) is 5.36. The topological polar surface area (TPSA) is 28.2 Å². The molecule has 0 amide bonds. The number of hydrogen-bond acceptors (Lipinski definition) is 3. The van der Waals surface area contributed by atoms with E-state index in [0.29, 0.717) is 6.04 Å². The molecule has 1 unspecified atom stereocenters. The van der Waals surface area contributed by atoms with Gasteiger partial charge in [0.1, 0.15) is 0 Å². The van der Waals surface area contributed by atoms with Gasteiger partial charge < -0.3 is 5.32 Å². The summed E-state index contributed by atoms with van der Waals surface area (Å²) in [6, 6.07) is 5.72. The van der Waals surface area contributed by atoms with Crippen LogP contribution in [0.25, 0.3) is 0 Å². The normalized spacial score (nSPS) is 25.4. The molecule has 3 heteroatoms. The van der Waals surface area contributed by atoms with Gasteiger partial charge in [0, 0.05) is 37.9 Å². The molecular weight excluding hydrogens is 210 g/mol. The van der Waals surface area contributed by atoms with E-state index in [1.807, 2.05) is 12.3 Å². The first kappa shape index (κ1) is 11.2. The van der Waals surface area contributed by atoms with Gasteiger partial charge in [-0.1, -0.05) is 6.07 Å². The fraction of sp³-hybridized carbons (Fsp3) is 0.643. The fourth-order valence-electron chi connectivity index (χ4n) is 2.67. The predicted octanol–water partition coefficient (Wildman–Crippen LogP) is 1.72. The van der Waals surface area contributed by atoms with Crippen LogP contribution in [0.3, 0.4) is 0 Å². The highest BCUT2D eigenvalue weighted by molar-refractivity contribution is 5.17. The summed E-state index contributed by atoms with van der Waals surface area (Å²) in [6.45, 7) is 5.56. The summed E-state index contributed by atoms with van der Waals surface area (Å²) < 4.78 is 0. The molecule has 2 aliphatic rings. The Morgan fingerprint density at radius 1 is 1.41 bits per heavy atom. The van der Waals surface area contributed by atoms with Crippen LogP contribution < -0.4 is 5.32 Å². The van der Waals surface area contributed by atoms with Gasteiger partial charge in [-0.2, -0.15) is 0 Å². The number of pyridine rings is 1. The molecule has 1 aliphatic carbocycles. The lowest BCUT2D eigenvalue weighted by atomic mass is 10.2. The predicted molar refractivity (Wildman–Crippen MR) is 68.8 cm³/mol. The Kier molecular flexibility index (Phi) is 3.12. The summed E-state index contributed by atoms with van der Waals surface area (Å²) >= 11 is 0. The molecule has 3 rings (SSSR count). The van der Waals surface area contributed by atoms with Crippen LogP contribution in [-0.4, -0.2) is 35.1 Å². The zero-order chi connectivity index (χ0) is 11.7. The van der Waals surface area contributed by atoms with Gasteiger partial charge in [0.05, 0.1) is 5.69 Å². The maximum absolute atomic E-state index is 4.43. The van der Waals surface area contributed by atoms with Crippen molar-refractivity contribution in [3.05, 3.63) is 29.6 Å². The molecule has 1 aromatic heterocycles. The maximum Gasteiger partial charge on any atom is 0.0570 e. The van der Waals surface area contributed by atoms with Crippen LogP contribution in [0.4, 0.5) is 0 Å². The van der Waals surface area contributed by atoms with Crippen molar-refractivity contribution >= 4 is 0 Å². The highest BCUT2D eigenvalue weighted by Gasteiger charge is 2.34. The molecule has 3 nitrogen and oxygen atoms in total. The van der Waals surface area contributed by atoms with Gasteiger partial charge in [-0.25, -0.2) is 0 Å². The van der Waals surface area contributed by atoms with E-state index in [-0.39, 0.29) is 0 Å². The minimum Gasteiger partial charge on any atom is -0.307 e. The van der Waals surface area contributed by atoms with E-state index in [9.17, 15) is 0 Å². The number of nitrogens with one attached hydrogen (secondary N) is 1. The van der Waals surface area contributed by atoms with Crippen molar-refractivity contribution in [2.24, 2.45) is 0 Å². The summed E-state index contributed by atoms with van der Waals surface area (Å²) in [7, 11) is 0. The van der Waals surface area contributed by atoms with E-state index >= 15 is 0 Å². The first-order valence-corrected chi connectivity index (χ1v) is 6.71. The molecule has 1 aliphatic heterocycles. The quantitative estimate of drug-likeness (QED) is 0.855. The van der Waals surface area contributed by atoms with Crippen LogP contribution in [0.15, 0.2) is 18.3 Å². The highest BCUT2D eigenvalue weighted by Crippen LogP contribution is 2.29. The molecule has 0 bridgehead atoms. The summed E-state index contributed by atoms with van der Waals surface area (Å²) in [5.74, 6) is 0. The zero-order valence-corrected chi connectivity index (χ0v) is 10.5. The van der Waals surface area contributed by atoms with E-state index in [1.54, 1.807) is 0 Å². The lowest BCUT2D eigenvalue weighted by Crippen LogP contribution is -2.33. The van der Waals surface area contributed by atoms with Gasteiger partial charge in [-0.15, -0.1) is 0 Å². The summed E-state index contributed by atoms with van der Waals surface area (Å²) in [6.07, 6.45) is 6.02. The molecule has 0 spiro atoms. The van der Waals surface area contributed by atoms with Gasteiger partial charge in [-0.3, -0.25) is 9.88 Å². The van der Waals surface area contributed by atoms with Crippen molar-refractivity contribution in [3.63, 3.8) is 0 Å². The first-order valence-electron chi connectivity index (χ1n) is 6.71. The number of aromatic nitrogens is 1. The highest BCUT2D eigenvalue weighted by atomic mass is 15.2. The number of rotatable bonds is 4. The lowest BCUT2D eigenvalue weighted by Gasteiger charge is -2.16. The van der Waals surface area contributed by atoms with E-state index in [2.05, 4.69) is 28.2 Å². The third-order valence-electron chi connectivity index (χ3n) is 3.96. The van der Waals surface area contributed by atoms with Crippen molar-refractivity contribution in [2.75, 3.05) is 13.1 Å². The Morgan fingerprint density at radius 2 is 2.29 bits per heavy atom. The molecule has 1 atom stereocenters. The van der Waals surface area contributed by atoms with Gasteiger partial charge in [-0.05, 0) is 37.8 Å². The minimum absolute atomic E-state index is 0.664. The van der Waals surface area contributed by atoms with Gasteiger partial charge in [0.15, 0.2) is 0 Å². The molecular formula is C14H21N3.